The quantitative estimate of drug-likeness (QED) is 0.557. The fraction of sp³-hybridized carbons (Fsp3) is 0.391. The van der Waals surface area contributed by atoms with E-state index in [4.69, 9.17) is 11.5 Å². The van der Waals surface area contributed by atoms with Crippen LogP contribution in [0.5, 0.6) is 0 Å². The van der Waals surface area contributed by atoms with Crippen LogP contribution < -0.4 is 16.8 Å². The number of nitrogens with one attached hydrogen (secondary N) is 1. The predicted molar refractivity (Wildman–Crippen MR) is 122 cm³/mol. The Hall–Kier alpha value is -3.69. The molecule has 0 spiro atoms. The summed E-state index contributed by atoms with van der Waals surface area (Å²) in [6.45, 7) is 5.32. The summed E-state index contributed by atoms with van der Waals surface area (Å²) in [5, 5.41) is 7.89. The number of nitrogen functional groups attached to an aromatic ring is 1. The van der Waals surface area contributed by atoms with Crippen molar-refractivity contribution in [3.8, 4) is 11.1 Å². The van der Waals surface area contributed by atoms with Crippen molar-refractivity contribution in [1.29, 1.82) is 0 Å². The number of hydrogen-bond donors (Lipinski definition) is 3. The van der Waals surface area contributed by atoms with Crippen molar-refractivity contribution >= 4 is 28.8 Å². The smallest absolute Gasteiger partial charge is 0.252 e. The molecule has 5 rings (SSSR count). The Morgan fingerprint density at radius 1 is 1.21 bits per heavy atom. The van der Waals surface area contributed by atoms with Crippen LogP contribution in [0, 0.1) is 23.6 Å². The number of amides is 2. The number of hydrogen-bond acceptors (Lipinski definition) is 6. The van der Waals surface area contributed by atoms with Gasteiger partial charge in [-0.1, -0.05) is 6.92 Å². The number of aromatic nitrogens is 3. The molecule has 1 aliphatic carbocycles. The molecule has 5 N–H and O–H groups in total. The summed E-state index contributed by atoms with van der Waals surface area (Å²) in [7, 11) is 0. The Labute approximate surface area is 189 Å². The fourth-order valence-electron chi connectivity index (χ4n) is 5.37. The fourth-order valence-corrected chi connectivity index (χ4v) is 5.37. The van der Waals surface area contributed by atoms with Gasteiger partial charge in [-0.2, -0.15) is 5.10 Å². The van der Waals surface area contributed by atoms with Gasteiger partial charge >= 0.3 is 0 Å². The van der Waals surface area contributed by atoms with Crippen LogP contribution in [0.4, 0.5) is 15.9 Å². The van der Waals surface area contributed by atoms with Crippen LogP contribution in [-0.2, 0) is 4.79 Å². The lowest BCUT2D eigenvalue weighted by Crippen LogP contribution is -2.33. The number of primary amides is 1. The number of halogens is 1. The molecule has 0 aromatic carbocycles. The lowest BCUT2D eigenvalue weighted by molar-refractivity contribution is -0.128. The van der Waals surface area contributed by atoms with Gasteiger partial charge in [0.2, 0.25) is 5.91 Å². The molecule has 9 nitrogen and oxygen atoms in total. The summed E-state index contributed by atoms with van der Waals surface area (Å²) in [4.78, 5) is 29.8. The number of nitrogens with zero attached hydrogens (tertiary/aromatic N) is 4. The van der Waals surface area contributed by atoms with Crippen molar-refractivity contribution in [3.05, 3.63) is 42.1 Å². The van der Waals surface area contributed by atoms with Crippen molar-refractivity contribution in [1.82, 2.24) is 19.5 Å². The maximum atomic E-state index is 14.0. The predicted octanol–water partition coefficient (Wildman–Crippen LogP) is 2.13. The van der Waals surface area contributed by atoms with Crippen LogP contribution in [0.3, 0.4) is 0 Å². The first-order valence-electron chi connectivity index (χ1n) is 11.0. The standard InChI is InChI=1S/C23H26FN7O2/c1-11-17-10-30(12(2)32)8-15(17)4-19(11)29-21-16(23(26)33)7-28-31-9-14(5-20(21)31)13-3-18(24)22(25)27-6-13/h3,5-7,9,11,15,17,19,29H,4,8,10H2,1-2H3,(H2,25,27)(H2,26,33)/t11-,15+,17-,19+/m0/s1. The minimum absolute atomic E-state index is 0.113. The summed E-state index contributed by atoms with van der Waals surface area (Å²) in [6.07, 6.45) is 5.58. The average molecular weight is 452 g/mol. The third kappa shape index (κ3) is 3.55. The van der Waals surface area contributed by atoms with Crippen molar-refractivity contribution in [2.45, 2.75) is 26.3 Å². The summed E-state index contributed by atoms with van der Waals surface area (Å²) < 4.78 is 15.6. The van der Waals surface area contributed by atoms with Crippen molar-refractivity contribution in [2.75, 3.05) is 24.1 Å². The number of carbonyl (C=O) groups excluding carboxylic acids is 2. The van der Waals surface area contributed by atoms with Gasteiger partial charge in [0, 0.05) is 49.6 Å². The first-order chi connectivity index (χ1) is 15.7. The highest BCUT2D eigenvalue weighted by atomic mass is 19.1. The van der Waals surface area contributed by atoms with Gasteiger partial charge in [0.05, 0.1) is 23.0 Å². The number of fused-ring (bicyclic) bond motifs is 2. The molecule has 33 heavy (non-hydrogen) atoms. The van der Waals surface area contributed by atoms with Crippen molar-refractivity contribution in [3.63, 3.8) is 0 Å². The van der Waals surface area contributed by atoms with Crippen LogP contribution in [-0.4, -0.2) is 50.4 Å². The number of carbonyl (C=O) groups is 2. The van der Waals surface area contributed by atoms with Gasteiger partial charge in [-0.05, 0) is 36.3 Å². The van der Waals surface area contributed by atoms with E-state index in [1.54, 1.807) is 17.6 Å². The second kappa shape index (κ2) is 7.72. The molecule has 0 bridgehead atoms. The van der Waals surface area contributed by atoms with Crippen molar-refractivity contribution in [2.24, 2.45) is 23.5 Å². The molecule has 2 aliphatic rings. The molecule has 0 radical (unpaired) electrons. The lowest BCUT2D eigenvalue weighted by Gasteiger charge is -2.25. The molecule has 4 heterocycles. The molecule has 2 amide bonds. The maximum absolute atomic E-state index is 14.0. The van der Waals surface area contributed by atoms with Gasteiger partial charge in [-0.3, -0.25) is 9.59 Å². The maximum Gasteiger partial charge on any atom is 0.252 e. The molecule has 172 valence electrons. The summed E-state index contributed by atoms with van der Waals surface area (Å²) >= 11 is 0. The number of anilines is 2. The molecule has 10 heteroatoms. The number of rotatable bonds is 4. The zero-order valence-corrected chi connectivity index (χ0v) is 18.5. The highest BCUT2D eigenvalue weighted by molar-refractivity contribution is 6.02. The Morgan fingerprint density at radius 3 is 2.67 bits per heavy atom. The topological polar surface area (TPSA) is 132 Å². The van der Waals surface area contributed by atoms with Gasteiger partial charge < -0.3 is 21.7 Å². The Morgan fingerprint density at radius 2 is 2.00 bits per heavy atom. The van der Waals surface area contributed by atoms with E-state index < -0.39 is 11.7 Å². The average Bonchev–Trinajstić information content (AvgIpc) is 3.45. The molecule has 3 aromatic rings. The summed E-state index contributed by atoms with van der Waals surface area (Å²) in [6, 6.07) is 3.26. The Kier molecular flexibility index (Phi) is 4.95. The molecule has 1 saturated carbocycles. The largest absolute Gasteiger partial charge is 0.381 e. The first kappa shape index (κ1) is 21.2. The Bertz CT molecular complexity index is 1270. The van der Waals surface area contributed by atoms with Gasteiger partial charge in [-0.25, -0.2) is 13.9 Å². The van der Waals surface area contributed by atoms with E-state index in [1.165, 1.54) is 18.5 Å². The van der Waals surface area contributed by atoms with Crippen LogP contribution in [0.2, 0.25) is 0 Å². The first-order valence-corrected chi connectivity index (χ1v) is 11.0. The van der Waals surface area contributed by atoms with Crippen LogP contribution in [0.25, 0.3) is 16.6 Å². The van der Waals surface area contributed by atoms with E-state index in [1.807, 2.05) is 11.0 Å². The van der Waals surface area contributed by atoms with Crippen molar-refractivity contribution < 1.29 is 14.0 Å². The SMILES string of the molecule is CC(=O)N1C[C@H]2C[C@@H](Nc3c(C(N)=O)cnn4cc(-c5cnc(N)c(F)c5)cc34)[C@@H](C)[C@@H]2C1. The van der Waals surface area contributed by atoms with E-state index >= 15 is 0 Å². The van der Waals surface area contributed by atoms with Gasteiger partial charge in [0.1, 0.15) is 0 Å². The zero-order chi connectivity index (χ0) is 23.4. The van der Waals surface area contributed by atoms with E-state index in [0.717, 1.165) is 19.5 Å². The molecular formula is C23H26FN7O2. The van der Waals surface area contributed by atoms with Gasteiger partial charge in [0.15, 0.2) is 11.6 Å². The van der Waals surface area contributed by atoms with Crippen LogP contribution in [0.1, 0.15) is 30.6 Å². The highest BCUT2D eigenvalue weighted by Gasteiger charge is 2.46. The van der Waals surface area contributed by atoms with E-state index in [0.29, 0.717) is 45.6 Å². The van der Waals surface area contributed by atoms with Gasteiger partial charge in [0.25, 0.3) is 5.91 Å². The molecular weight excluding hydrogens is 425 g/mol. The van der Waals surface area contributed by atoms with Gasteiger partial charge in [-0.15, -0.1) is 0 Å². The molecule has 3 aromatic heterocycles. The molecule has 0 unspecified atom stereocenters. The molecule has 1 aliphatic heterocycles. The zero-order valence-electron chi connectivity index (χ0n) is 18.5. The van der Waals surface area contributed by atoms with Crippen LogP contribution >= 0.6 is 0 Å². The van der Waals surface area contributed by atoms with E-state index in [2.05, 4.69) is 22.3 Å². The Balaban J connectivity index is 1.50. The van der Waals surface area contributed by atoms with Crippen LogP contribution in [0.15, 0.2) is 30.7 Å². The second-order valence-electron chi connectivity index (χ2n) is 9.14. The molecule has 4 atom stereocenters. The monoisotopic (exact) mass is 451 g/mol. The normalized spacial score (nSPS) is 24.3. The minimum atomic E-state index is -0.599. The number of pyridine rings is 1. The molecule has 1 saturated heterocycles. The third-order valence-electron chi connectivity index (χ3n) is 7.24. The lowest BCUT2D eigenvalue weighted by atomic mass is 9.93. The minimum Gasteiger partial charge on any atom is -0.381 e. The van der Waals surface area contributed by atoms with E-state index in [-0.39, 0.29) is 17.8 Å². The second-order valence-corrected chi connectivity index (χ2v) is 9.14. The molecule has 2 fully saturated rings. The number of nitrogens with two attached hydrogens (primary N) is 2. The number of likely N-dealkylation sites (tertiary alicyclic amines) is 1. The highest BCUT2D eigenvalue weighted by Crippen LogP contribution is 2.44. The summed E-state index contributed by atoms with van der Waals surface area (Å²) in [5.74, 6) is -0.0970. The third-order valence-corrected chi connectivity index (χ3v) is 7.24. The summed E-state index contributed by atoms with van der Waals surface area (Å²) in [5.41, 5.74) is 14.0. The van der Waals surface area contributed by atoms with E-state index in [9.17, 15) is 14.0 Å².